The minimum absolute atomic E-state index is 0.165. The first-order valence-electron chi connectivity index (χ1n) is 7.11. The van der Waals surface area contributed by atoms with Crippen molar-refractivity contribution in [1.29, 1.82) is 0 Å². The van der Waals surface area contributed by atoms with E-state index in [0.717, 1.165) is 16.8 Å². The highest BCUT2D eigenvalue weighted by molar-refractivity contribution is 6.33. The highest BCUT2D eigenvalue weighted by atomic mass is 35.5. The van der Waals surface area contributed by atoms with Crippen molar-refractivity contribution in [3.8, 4) is 5.75 Å². The van der Waals surface area contributed by atoms with Gasteiger partial charge in [0.1, 0.15) is 16.8 Å². The van der Waals surface area contributed by atoms with Crippen molar-refractivity contribution in [1.82, 2.24) is 14.4 Å². The monoisotopic (exact) mass is 324 g/mol. The van der Waals surface area contributed by atoms with Gasteiger partial charge < -0.3 is 10.4 Å². The van der Waals surface area contributed by atoms with Crippen LogP contribution >= 0.6 is 11.6 Å². The molecule has 2 aromatic carbocycles. The molecule has 114 valence electrons. The van der Waals surface area contributed by atoms with Gasteiger partial charge in [0.05, 0.1) is 28.8 Å². The molecule has 6 heteroatoms. The van der Waals surface area contributed by atoms with Gasteiger partial charge in [-0.25, -0.2) is 9.97 Å². The number of hydrogen-bond donors (Lipinski definition) is 2. The van der Waals surface area contributed by atoms with Crippen molar-refractivity contribution in [3.63, 3.8) is 0 Å². The summed E-state index contributed by atoms with van der Waals surface area (Å²) in [5, 5.41) is 14.0. The van der Waals surface area contributed by atoms with Crippen LogP contribution in [0.15, 0.2) is 48.9 Å². The van der Waals surface area contributed by atoms with Gasteiger partial charge in [0.15, 0.2) is 5.82 Å². The predicted octanol–water partition coefficient (Wildman–Crippen LogP) is 4.29. The van der Waals surface area contributed by atoms with Crippen LogP contribution in [0.2, 0.25) is 5.02 Å². The molecule has 4 rings (SSSR count). The normalized spacial score (nSPS) is 11.2. The van der Waals surface area contributed by atoms with E-state index < -0.39 is 0 Å². The van der Waals surface area contributed by atoms with Gasteiger partial charge in [0, 0.05) is 0 Å². The van der Waals surface area contributed by atoms with Crippen LogP contribution in [0.1, 0.15) is 5.56 Å². The molecular formula is C17H13ClN4O. The number of aromatic nitrogens is 3. The highest BCUT2D eigenvalue weighted by Crippen LogP contribution is 2.32. The molecule has 0 radical (unpaired) electrons. The van der Waals surface area contributed by atoms with Crippen molar-refractivity contribution in [2.75, 3.05) is 5.32 Å². The number of phenolic OH excluding ortho intramolecular Hbond substituents is 1. The molecule has 0 unspecified atom stereocenters. The number of fused-ring (bicyclic) bond motifs is 3. The number of phenols is 1. The maximum absolute atomic E-state index is 10.1. The minimum atomic E-state index is 0.165. The summed E-state index contributed by atoms with van der Waals surface area (Å²) < 4.78 is 1.81. The lowest BCUT2D eigenvalue weighted by Crippen LogP contribution is -2.01. The number of benzene rings is 2. The molecule has 0 fully saturated rings. The molecule has 0 atom stereocenters. The summed E-state index contributed by atoms with van der Waals surface area (Å²) in [5.41, 5.74) is 3.89. The van der Waals surface area contributed by atoms with Crippen molar-refractivity contribution >= 4 is 39.7 Å². The number of aryl methyl sites for hydroxylation is 1. The minimum Gasteiger partial charge on any atom is -0.506 e. The van der Waals surface area contributed by atoms with Gasteiger partial charge in [-0.2, -0.15) is 0 Å². The van der Waals surface area contributed by atoms with E-state index in [1.807, 2.05) is 35.6 Å². The first kappa shape index (κ1) is 13.8. The quantitative estimate of drug-likeness (QED) is 0.577. The summed E-state index contributed by atoms with van der Waals surface area (Å²) >= 11 is 6.30. The molecule has 2 heterocycles. The molecular weight excluding hydrogens is 312 g/mol. The molecule has 0 aliphatic rings. The van der Waals surface area contributed by atoms with E-state index in [0.29, 0.717) is 21.9 Å². The molecule has 0 bridgehead atoms. The average Bonchev–Trinajstić information content (AvgIpc) is 3.00. The Balaban J connectivity index is 1.98. The van der Waals surface area contributed by atoms with Crippen LogP contribution in [0.5, 0.6) is 5.75 Å². The number of anilines is 2. The van der Waals surface area contributed by atoms with Gasteiger partial charge in [0.2, 0.25) is 0 Å². The van der Waals surface area contributed by atoms with Crippen LogP contribution in [0.3, 0.4) is 0 Å². The van der Waals surface area contributed by atoms with E-state index in [1.165, 1.54) is 0 Å². The summed E-state index contributed by atoms with van der Waals surface area (Å²) in [6.45, 7) is 1.98. The Bertz CT molecular complexity index is 1020. The first-order chi connectivity index (χ1) is 11.1. The molecule has 5 nitrogen and oxygen atoms in total. The van der Waals surface area contributed by atoms with Gasteiger partial charge in [0.25, 0.3) is 0 Å². The van der Waals surface area contributed by atoms with Gasteiger partial charge in [-0.3, -0.25) is 4.40 Å². The molecule has 0 amide bonds. The number of nitrogens with zero attached hydrogens (tertiary/aromatic N) is 3. The van der Waals surface area contributed by atoms with Crippen LogP contribution in [0.25, 0.3) is 16.6 Å². The predicted molar refractivity (Wildman–Crippen MR) is 91.6 cm³/mol. The standard InChI is InChI=1S/C17H13ClN4O/c1-10-4-2-5-11(18)15(10)21-17-13-8-19-9-22(13)16-12(20-17)6-3-7-14(16)23/h2-9,23H,1H3,(H,20,21). The largest absolute Gasteiger partial charge is 0.506 e. The molecule has 0 aliphatic heterocycles. The van der Waals surface area contributed by atoms with Crippen LogP contribution in [0.4, 0.5) is 11.5 Å². The lowest BCUT2D eigenvalue weighted by Gasteiger charge is -2.13. The average molecular weight is 325 g/mol. The zero-order valence-corrected chi connectivity index (χ0v) is 13.0. The van der Waals surface area contributed by atoms with Crippen molar-refractivity contribution in [2.24, 2.45) is 0 Å². The maximum atomic E-state index is 10.1. The van der Waals surface area contributed by atoms with Gasteiger partial charge in [-0.15, -0.1) is 0 Å². The lowest BCUT2D eigenvalue weighted by molar-refractivity contribution is 0.480. The fraction of sp³-hybridized carbons (Fsp3) is 0.0588. The fourth-order valence-electron chi connectivity index (χ4n) is 2.68. The third-order valence-corrected chi connectivity index (χ3v) is 4.13. The molecule has 0 aliphatic carbocycles. The second kappa shape index (κ2) is 5.14. The zero-order valence-electron chi connectivity index (χ0n) is 12.3. The number of imidazole rings is 1. The third-order valence-electron chi connectivity index (χ3n) is 3.81. The molecule has 23 heavy (non-hydrogen) atoms. The number of hydrogen-bond acceptors (Lipinski definition) is 4. The van der Waals surface area contributed by atoms with E-state index in [2.05, 4.69) is 15.3 Å². The lowest BCUT2D eigenvalue weighted by atomic mass is 10.2. The summed E-state index contributed by atoms with van der Waals surface area (Å²) in [5.74, 6) is 0.801. The van der Waals surface area contributed by atoms with E-state index in [1.54, 1.807) is 24.7 Å². The second-order valence-electron chi connectivity index (χ2n) is 5.31. The van der Waals surface area contributed by atoms with Gasteiger partial charge in [-0.05, 0) is 30.7 Å². The van der Waals surface area contributed by atoms with E-state index in [-0.39, 0.29) is 5.75 Å². The van der Waals surface area contributed by atoms with Gasteiger partial charge >= 0.3 is 0 Å². The number of halogens is 1. The summed E-state index contributed by atoms with van der Waals surface area (Å²) in [7, 11) is 0. The van der Waals surface area contributed by atoms with Crippen LogP contribution < -0.4 is 5.32 Å². The Hall–Kier alpha value is -2.79. The van der Waals surface area contributed by atoms with Gasteiger partial charge in [-0.1, -0.05) is 29.8 Å². The topological polar surface area (TPSA) is 62.5 Å². The number of nitrogens with one attached hydrogen (secondary N) is 1. The summed E-state index contributed by atoms with van der Waals surface area (Å²) in [6, 6.07) is 11.0. The third kappa shape index (κ3) is 2.17. The molecule has 4 aromatic rings. The first-order valence-corrected chi connectivity index (χ1v) is 7.49. The smallest absolute Gasteiger partial charge is 0.157 e. The summed E-state index contributed by atoms with van der Waals surface area (Å²) in [6.07, 6.45) is 3.36. The van der Waals surface area contributed by atoms with Crippen molar-refractivity contribution in [3.05, 3.63) is 59.5 Å². The molecule has 2 N–H and O–H groups in total. The molecule has 0 saturated carbocycles. The Morgan fingerprint density at radius 3 is 2.83 bits per heavy atom. The fourth-order valence-corrected chi connectivity index (χ4v) is 2.95. The van der Waals surface area contributed by atoms with E-state index >= 15 is 0 Å². The maximum Gasteiger partial charge on any atom is 0.157 e. The Kier molecular flexibility index (Phi) is 3.09. The zero-order chi connectivity index (χ0) is 16.0. The van der Waals surface area contributed by atoms with E-state index in [9.17, 15) is 5.11 Å². The van der Waals surface area contributed by atoms with E-state index in [4.69, 9.17) is 11.6 Å². The van der Waals surface area contributed by atoms with Crippen molar-refractivity contribution in [2.45, 2.75) is 6.92 Å². The Morgan fingerprint density at radius 2 is 2.00 bits per heavy atom. The highest BCUT2D eigenvalue weighted by Gasteiger charge is 2.13. The Morgan fingerprint density at radius 1 is 1.17 bits per heavy atom. The Labute approximate surface area is 137 Å². The number of rotatable bonds is 2. The SMILES string of the molecule is Cc1cccc(Cl)c1Nc1nc2cccc(O)c2n2cncc12. The van der Waals surface area contributed by atoms with Crippen LogP contribution in [-0.4, -0.2) is 19.5 Å². The summed E-state index contributed by atoms with van der Waals surface area (Å²) in [4.78, 5) is 8.80. The molecule has 2 aromatic heterocycles. The van der Waals surface area contributed by atoms with Crippen LogP contribution in [0, 0.1) is 6.92 Å². The van der Waals surface area contributed by atoms with Crippen LogP contribution in [-0.2, 0) is 0 Å². The molecule has 0 spiro atoms. The second-order valence-corrected chi connectivity index (χ2v) is 5.72. The van der Waals surface area contributed by atoms with Crippen molar-refractivity contribution < 1.29 is 5.11 Å². The number of para-hydroxylation sites is 2. The number of aromatic hydroxyl groups is 1. The molecule has 0 saturated heterocycles.